The van der Waals surface area contributed by atoms with E-state index in [9.17, 15) is 0 Å². The normalized spacial score (nSPS) is 12.7. The lowest BCUT2D eigenvalue weighted by atomic mass is 10.3. The minimum atomic E-state index is -0.104. The number of alkyl halides is 1. The van der Waals surface area contributed by atoms with Crippen LogP contribution in [0.25, 0.3) is 5.69 Å². The van der Waals surface area contributed by atoms with Crippen molar-refractivity contribution in [2.24, 2.45) is 0 Å². The molecule has 0 amide bonds. The Hall–Kier alpha value is -1.35. The van der Waals surface area contributed by atoms with Crippen LogP contribution >= 0.6 is 11.6 Å². The molecule has 2 rings (SSSR count). The van der Waals surface area contributed by atoms with Crippen LogP contribution in [0.3, 0.4) is 0 Å². The fourth-order valence-corrected chi connectivity index (χ4v) is 1.27. The molecule has 1 aromatic heterocycles. The maximum absolute atomic E-state index is 5.89. The van der Waals surface area contributed by atoms with Gasteiger partial charge >= 0.3 is 0 Å². The lowest BCUT2D eigenvalue weighted by Crippen LogP contribution is -1.93. The van der Waals surface area contributed by atoms with Gasteiger partial charge in [-0.05, 0) is 19.1 Å². The molecule has 0 aliphatic carbocycles. The number of hydrogen-bond donors (Lipinski definition) is 0. The summed E-state index contributed by atoms with van der Waals surface area (Å²) in [4.78, 5) is 0. The van der Waals surface area contributed by atoms with Crippen molar-refractivity contribution in [3.63, 3.8) is 0 Å². The van der Waals surface area contributed by atoms with Gasteiger partial charge in [-0.2, -0.15) is 0 Å². The molecule has 0 unspecified atom stereocenters. The van der Waals surface area contributed by atoms with Crippen LogP contribution in [0.4, 0.5) is 0 Å². The maximum atomic E-state index is 5.89. The zero-order chi connectivity index (χ0) is 9.97. The molecule has 1 heterocycles. The number of benzene rings is 1. The molecule has 0 fully saturated rings. The fourth-order valence-electron chi connectivity index (χ4n) is 1.17. The SMILES string of the molecule is C[C@H](Cl)c1cn(-c2ccccc2)nn1. The molecule has 0 bridgehead atoms. The van der Waals surface area contributed by atoms with E-state index in [0.717, 1.165) is 11.4 Å². The van der Waals surface area contributed by atoms with E-state index in [1.807, 2.05) is 43.5 Å². The predicted molar refractivity (Wildman–Crippen MR) is 55.6 cm³/mol. The van der Waals surface area contributed by atoms with Gasteiger partial charge in [-0.25, -0.2) is 4.68 Å². The van der Waals surface area contributed by atoms with Crippen LogP contribution in [-0.4, -0.2) is 15.0 Å². The molecule has 0 saturated carbocycles. The van der Waals surface area contributed by atoms with Crippen molar-refractivity contribution in [1.29, 1.82) is 0 Å². The quantitative estimate of drug-likeness (QED) is 0.709. The topological polar surface area (TPSA) is 30.7 Å². The molecular weight excluding hydrogens is 198 g/mol. The summed E-state index contributed by atoms with van der Waals surface area (Å²) >= 11 is 5.89. The van der Waals surface area contributed by atoms with Gasteiger partial charge in [0.1, 0.15) is 5.69 Å². The highest BCUT2D eigenvalue weighted by atomic mass is 35.5. The van der Waals surface area contributed by atoms with E-state index < -0.39 is 0 Å². The van der Waals surface area contributed by atoms with Crippen molar-refractivity contribution < 1.29 is 0 Å². The van der Waals surface area contributed by atoms with Crippen LogP contribution in [0, 0.1) is 0 Å². The van der Waals surface area contributed by atoms with E-state index in [2.05, 4.69) is 10.3 Å². The second kappa shape index (κ2) is 3.80. The standard InChI is InChI=1S/C10H10ClN3/c1-8(11)10-7-14(13-12-10)9-5-3-2-4-6-9/h2-8H,1H3/t8-/m0/s1. The smallest absolute Gasteiger partial charge is 0.101 e. The highest BCUT2D eigenvalue weighted by Gasteiger charge is 2.06. The number of hydrogen-bond acceptors (Lipinski definition) is 2. The van der Waals surface area contributed by atoms with Gasteiger partial charge in [0.15, 0.2) is 0 Å². The van der Waals surface area contributed by atoms with E-state index in [0.29, 0.717) is 0 Å². The Morgan fingerprint density at radius 3 is 2.57 bits per heavy atom. The number of halogens is 1. The second-order valence-corrected chi connectivity index (χ2v) is 3.69. The second-order valence-electron chi connectivity index (χ2n) is 3.04. The van der Waals surface area contributed by atoms with Crippen molar-refractivity contribution in [2.75, 3.05) is 0 Å². The van der Waals surface area contributed by atoms with Crippen molar-refractivity contribution in [2.45, 2.75) is 12.3 Å². The molecule has 1 atom stereocenters. The van der Waals surface area contributed by atoms with Crippen molar-refractivity contribution in [1.82, 2.24) is 15.0 Å². The summed E-state index contributed by atoms with van der Waals surface area (Å²) in [6.45, 7) is 1.88. The molecular formula is C10H10ClN3. The average Bonchev–Trinajstić information content (AvgIpc) is 2.68. The average molecular weight is 208 g/mol. The van der Waals surface area contributed by atoms with Crippen LogP contribution in [0.5, 0.6) is 0 Å². The van der Waals surface area contributed by atoms with Crippen molar-refractivity contribution in [3.05, 3.63) is 42.2 Å². The molecule has 0 spiro atoms. The first-order chi connectivity index (χ1) is 6.77. The van der Waals surface area contributed by atoms with Gasteiger partial charge in [-0.15, -0.1) is 16.7 Å². The molecule has 4 heteroatoms. The summed E-state index contributed by atoms with van der Waals surface area (Å²) in [7, 11) is 0. The Kier molecular flexibility index (Phi) is 2.50. The highest BCUT2D eigenvalue weighted by Crippen LogP contribution is 2.16. The van der Waals surface area contributed by atoms with E-state index in [1.54, 1.807) is 4.68 Å². The lowest BCUT2D eigenvalue weighted by Gasteiger charge is -1.97. The first kappa shape index (κ1) is 9.21. The van der Waals surface area contributed by atoms with Gasteiger partial charge in [-0.1, -0.05) is 23.4 Å². The lowest BCUT2D eigenvalue weighted by molar-refractivity contribution is 0.796. The summed E-state index contributed by atoms with van der Waals surface area (Å²) < 4.78 is 1.72. The van der Waals surface area contributed by atoms with Crippen molar-refractivity contribution >= 4 is 11.6 Å². The van der Waals surface area contributed by atoms with Gasteiger partial charge in [0.25, 0.3) is 0 Å². The summed E-state index contributed by atoms with van der Waals surface area (Å²) in [5, 5.41) is 7.86. The fraction of sp³-hybridized carbons (Fsp3) is 0.200. The van der Waals surface area contributed by atoms with Gasteiger partial charge < -0.3 is 0 Å². The molecule has 0 radical (unpaired) electrons. The minimum Gasteiger partial charge on any atom is -0.220 e. The third-order valence-corrected chi connectivity index (χ3v) is 2.16. The van der Waals surface area contributed by atoms with E-state index in [1.165, 1.54) is 0 Å². The highest BCUT2D eigenvalue weighted by molar-refractivity contribution is 6.20. The van der Waals surface area contributed by atoms with Crippen LogP contribution in [-0.2, 0) is 0 Å². The van der Waals surface area contributed by atoms with E-state index >= 15 is 0 Å². The zero-order valence-electron chi connectivity index (χ0n) is 7.76. The third kappa shape index (κ3) is 1.77. The first-order valence-electron chi connectivity index (χ1n) is 4.39. The minimum absolute atomic E-state index is 0.104. The Bertz CT molecular complexity index is 408. The molecule has 14 heavy (non-hydrogen) atoms. The van der Waals surface area contributed by atoms with Crippen molar-refractivity contribution in [3.8, 4) is 5.69 Å². The molecule has 0 aliphatic heterocycles. The number of para-hydroxylation sites is 1. The van der Waals surface area contributed by atoms with Gasteiger partial charge in [0.05, 0.1) is 17.3 Å². The Balaban J connectivity index is 2.34. The van der Waals surface area contributed by atoms with Gasteiger partial charge in [0.2, 0.25) is 0 Å². The Morgan fingerprint density at radius 1 is 1.29 bits per heavy atom. The number of aromatic nitrogens is 3. The number of nitrogens with zero attached hydrogens (tertiary/aromatic N) is 3. The largest absolute Gasteiger partial charge is 0.220 e. The molecule has 0 N–H and O–H groups in total. The monoisotopic (exact) mass is 207 g/mol. The summed E-state index contributed by atoms with van der Waals surface area (Å²) in [5.41, 5.74) is 1.78. The van der Waals surface area contributed by atoms with E-state index in [-0.39, 0.29) is 5.38 Å². The first-order valence-corrected chi connectivity index (χ1v) is 4.83. The molecule has 72 valence electrons. The summed E-state index contributed by atoms with van der Waals surface area (Å²) in [6, 6.07) is 9.82. The van der Waals surface area contributed by atoms with Gasteiger partial charge in [0, 0.05) is 0 Å². The van der Waals surface area contributed by atoms with Crippen LogP contribution in [0.15, 0.2) is 36.5 Å². The van der Waals surface area contributed by atoms with Gasteiger partial charge in [-0.3, -0.25) is 0 Å². The zero-order valence-corrected chi connectivity index (χ0v) is 8.52. The molecule has 0 saturated heterocycles. The molecule has 0 aliphatic rings. The van der Waals surface area contributed by atoms with Crippen LogP contribution in [0.2, 0.25) is 0 Å². The van der Waals surface area contributed by atoms with Crippen LogP contribution < -0.4 is 0 Å². The predicted octanol–water partition coefficient (Wildman–Crippen LogP) is 2.57. The maximum Gasteiger partial charge on any atom is 0.101 e. The summed E-state index contributed by atoms with van der Waals surface area (Å²) in [6.07, 6.45) is 1.84. The number of rotatable bonds is 2. The molecule has 1 aromatic carbocycles. The van der Waals surface area contributed by atoms with Crippen LogP contribution in [0.1, 0.15) is 18.0 Å². The van der Waals surface area contributed by atoms with E-state index in [4.69, 9.17) is 11.6 Å². The Morgan fingerprint density at radius 2 is 2.00 bits per heavy atom. The molecule has 3 nitrogen and oxygen atoms in total. The summed E-state index contributed by atoms with van der Waals surface area (Å²) in [5.74, 6) is 0. The third-order valence-electron chi connectivity index (χ3n) is 1.94. The molecule has 2 aromatic rings. The Labute approximate surface area is 87.3 Å².